The number of esters is 1. The number of ether oxygens (including phenoxy) is 1. The van der Waals surface area contributed by atoms with Gasteiger partial charge in [-0.05, 0) is 42.8 Å². The second kappa shape index (κ2) is 8.14. The van der Waals surface area contributed by atoms with E-state index < -0.39 is 18.0 Å². The molecular weight excluding hydrogens is 328 g/mol. The number of hydrogen-bond donors (Lipinski definition) is 1. The Kier molecular flexibility index (Phi) is 5.94. The summed E-state index contributed by atoms with van der Waals surface area (Å²) in [6, 6.07) is 15.3. The highest BCUT2D eigenvalue weighted by molar-refractivity contribution is 6.31. The second-order valence-electron chi connectivity index (χ2n) is 5.08. The van der Waals surface area contributed by atoms with Gasteiger partial charge in [-0.1, -0.05) is 29.8 Å². The number of anilines is 1. The molecule has 0 aliphatic heterocycles. The number of nitriles is 1. The number of carbonyl (C=O) groups excluding carboxylic acids is 2. The van der Waals surface area contributed by atoms with E-state index in [-0.39, 0.29) is 6.42 Å². The summed E-state index contributed by atoms with van der Waals surface area (Å²) in [6.45, 7) is 1.49. The summed E-state index contributed by atoms with van der Waals surface area (Å²) in [5.74, 6) is -0.988. The molecule has 0 radical (unpaired) electrons. The van der Waals surface area contributed by atoms with E-state index in [4.69, 9.17) is 21.6 Å². The van der Waals surface area contributed by atoms with Crippen molar-refractivity contribution in [2.45, 2.75) is 19.4 Å². The van der Waals surface area contributed by atoms with E-state index >= 15 is 0 Å². The molecule has 0 heterocycles. The predicted molar refractivity (Wildman–Crippen MR) is 90.5 cm³/mol. The Morgan fingerprint density at radius 1 is 1.21 bits per heavy atom. The molecule has 5 nitrogen and oxygen atoms in total. The van der Waals surface area contributed by atoms with Gasteiger partial charge in [0.05, 0.1) is 18.1 Å². The smallest absolute Gasteiger partial charge is 0.311 e. The molecule has 1 atom stereocenters. The topological polar surface area (TPSA) is 79.2 Å². The molecule has 122 valence electrons. The third kappa shape index (κ3) is 4.83. The number of nitrogens with one attached hydrogen (secondary N) is 1. The van der Waals surface area contributed by atoms with Crippen LogP contribution >= 0.6 is 11.6 Å². The Morgan fingerprint density at radius 2 is 1.88 bits per heavy atom. The van der Waals surface area contributed by atoms with Crippen LogP contribution in [-0.2, 0) is 20.7 Å². The van der Waals surface area contributed by atoms with Crippen molar-refractivity contribution < 1.29 is 14.3 Å². The van der Waals surface area contributed by atoms with Gasteiger partial charge in [-0.25, -0.2) is 0 Å². The van der Waals surface area contributed by atoms with Crippen LogP contribution in [-0.4, -0.2) is 18.0 Å². The lowest BCUT2D eigenvalue weighted by Gasteiger charge is -2.14. The van der Waals surface area contributed by atoms with Crippen LogP contribution in [0.5, 0.6) is 0 Å². The quantitative estimate of drug-likeness (QED) is 0.845. The van der Waals surface area contributed by atoms with E-state index in [1.165, 1.54) is 6.92 Å². The lowest BCUT2D eigenvalue weighted by molar-refractivity contribution is -0.152. The average Bonchev–Trinajstić information content (AvgIpc) is 2.57. The number of rotatable bonds is 5. The van der Waals surface area contributed by atoms with Crippen molar-refractivity contribution in [3.05, 3.63) is 64.7 Å². The molecule has 0 bridgehead atoms. The van der Waals surface area contributed by atoms with E-state index in [2.05, 4.69) is 5.32 Å². The number of hydrogen-bond acceptors (Lipinski definition) is 4. The van der Waals surface area contributed by atoms with Crippen LogP contribution in [0.4, 0.5) is 5.69 Å². The first kappa shape index (κ1) is 17.5. The monoisotopic (exact) mass is 342 g/mol. The molecule has 1 amide bonds. The van der Waals surface area contributed by atoms with Crippen molar-refractivity contribution in [1.82, 2.24) is 0 Å². The molecule has 0 aliphatic carbocycles. The molecule has 0 saturated carbocycles. The van der Waals surface area contributed by atoms with E-state index in [1.54, 1.807) is 48.5 Å². The molecule has 0 unspecified atom stereocenters. The largest absolute Gasteiger partial charge is 0.452 e. The molecule has 2 rings (SSSR count). The maximum Gasteiger partial charge on any atom is 0.311 e. The predicted octanol–water partition coefficient (Wildman–Crippen LogP) is 3.32. The van der Waals surface area contributed by atoms with Crippen molar-refractivity contribution in [2.75, 3.05) is 5.32 Å². The summed E-state index contributed by atoms with van der Waals surface area (Å²) >= 11 is 5.99. The first-order valence-electron chi connectivity index (χ1n) is 7.23. The summed E-state index contributed by atoms with van der Waals surface area (Å²) in [5.41, 5.74) is 1.66. The Balaban J connectivity index is 1.89. The van der Waals surface area contributed by atoms with Crippen LogP contribution in [0.3, 0.4) is 0 Å². The van der Waals surface area contributed by atoms with Gasteiger partial charge >= 0.3 is 5.97 Å². The molecule has 0 spiro atoms. The maximum atomic E-state index is 12.0. The maximum absolute atomic E-state index is 12.0. The lowest BCUT2D eigenvalue weighted by Crippen LogP contribution is -2.30. The normalized spacial score (nSPS) is 11.2. The molecular formula is C18H15ClN2O3. The van der Waals surface area contributed by atoms with Crippen LogP contribution in [0.1, 0.15) is 18.1 Å². The van der Waals surface area contributed by atoms with E-state index in [0.29, 0.717) is 21.8 Å². The number of benzene rings is 2. The molecule has 2 aromatic carbocycles. The fourth-order valence-electron chi connectivity index (χ4n) is 1.96. The van der Waals surface area contributed by atoms with Crippen LogP contribution in [0.25, 0.3) is 0 Å². The van der Waals surface area contributed by atoms with Crippen LogP contribution in [0, 0.1) is 11.3 Å². The molecule has 0 aliphatic rings. The van der Waals surface area contributed by atoms with Gasteiger partial charge in [0.2, 0.25) is 0 Å². The molecule has 0 fully saturated rings. The summed E-state index contributed by atoms with van der Waals surface area (Å²) < 4.78 is 5.13. The minimum Gasteiger partial charge on any atom is -0.452 e. The van der Waals surface area contributed by atoms with Crippen LogP contribution in [0.15, 0.2) is 48.5 Å². The zero-order valence-corrected chi connectivity index (χ0v) is 13.7. The van der Waals surface area contributed by atoms with E-state index in [9.17, 15) is 9.59 Å². The van der Waals surface area contributed by atoms with Gasteiger partial charge in [0.25, 0.3) is 5.91 Å². The van der Waals surface area contributed by atoms with Gasteiger partial charge in [0.1, 0.15) is 0 Å². The fraction of sp³-hybridized carbons (Fsp3) is 0.167. The van der Waals surface area contributed by atoms with Crippen molar-refractivity contribution in [2.24, 2.45) is 0 Å². The minimum atomic E-state index is -0.948. The van der Waals surface area contributed by atoms with Gasteiger partial charge in [-0.3, -0.25) is 9.59 Å². The highest BCUT2D eigenvalue weighted by atomic mass is 35.5. The second-order valence-corrected chi connectivity index (χ2v) is 5.49. The summed E-state index contributed by atoms with van der Waals surface area (Å²) in [6.07, 6.45) is -0.954. The number of amides is 1. The van der Waals surface area contributed by atoms with Crippen molar-refractivity contribution in [3.8, 4) is 6.07 Å². The van der Waals surface area contributed by atoms with Crippen molar-refractivity contribution in [3.63, 3.8) is 0 Å². The van der Waals surface area contributed by atoms with Gasteiger partial charge in [-0.15, -0.1) is 0 Å². The van der Waals surface area contributed by atoms with Gasteiger partial charge in [0.15, 0.2) is 6.10 Å². The summed E-state index contributed by atoms with van der Waals surface area (Å²) in [7, 11) is 0. The lowest BCUT2D eigenvalue weighted by atomic mass is 10.1. The van der Waals surface area contributed by atoms with Gasteiger partial charge in [-0.2, -0.15) is 5.26 Å². The number of carbonyl (C=O) groups is 2. The summed E-state index contributed by atoms with van der Waals surface area (Å²) in [4.78, 5) is 24.0. The first-order chi connectivity index (χ1) is 11.5. The number of nitrogens with zero attached hydrogens (tertiary/aromatic N) is 1. The Hall–Kier alpha value is -2.84. The minimum absolute atomic E-state index is 0.00579. The number of halogens is 1. The van der Waals surface area contributed by atoms with Gasteiger partial charge in [0, 0.05) is 10.7 Å². The average molecular weight is 343 g/mol. The Morgan fingerprint density at radius 3 is 2.50 bits per heavy atom. The molecule has 1 N–H and O–H groups in total. The third-order valence-corrected chi connectivity index (χ3v) is 3.62. The SMILES string of the molecule is C[C@H](OC(=O)Cc1ccccc1Cl)C(=O)Nc1ccc(C#N)cc1. The van der Waals surface area contributed by atoms with Gasteiger partial charge < -0.3 is 10.1 Å². The zero-order chi connectivity index (χ0) is 17.5. The first-order valence-corrected chi connectivity index (χ1v) is 7.61. The molecule has 0 saturated heterocycles. The zero-order valence-electron chi connectivity index (χ0n) is 13.0. The van der Waals surface area contributed by atoms with E-state index in [0.717, 1.165) is 0 Å². The third-order valence-electron chi connectivity index (χ3n) is 3.25. The Labute approximate surface area is 144 Å². The fourth-order valence-corrected chi connectivity index (χ4v) is 2.16. The molecule has 24 heavy (non-hydrogen) atoms. The molecule has 2 aromatic rings. The standard InChI is InChI=1S/C18H15ClN2O3/c1-12(18(23)21-15-8-6-13(11-20)7-9-15)24-17(22)10-14-4-2-3-5-16(14)19/h2-9,12H,10H2,1H3,(H,21,23)/t12-/m0/s1. The van der Waals surface area contributed by atoms with Crippen molar-refractivity contribution in [1.29, 1.82) is 5.26 Å². The van der Waals surface area contributed by atoms with Crippen LogP contribution < -0.4 is 5.32 Å². The molecule has 6 heteroatoms. The van der Waals surface area contributed by atoms with Crippen LogP contribution in [0.2, 0.25) is 5.02 Å². The molecule has 0 aromatic heterocycles. The Bertz CT molecular complexity index is 782. The van der Waals surface area contributed by atoms with E-state index in [1.807, 2.05) is 6.07 Å². The highest BCUT2D eigenvalue weighted by Gasteiger charge is 2.18. The highest BCUT2D eigenvalue weighted by Crippen LogP contribution is 2.16. The summed E-state index contributed by atoms with van der Waals surface area (Å²) in [5, 5.41) is 11.8. The van der Waals surface area contributed by atoms with Crippen molar-refractivity contribution >= 4 is 29.2 Å².